The Morgan fingerprint density at radius 1 is 0.676 bits per heavy atom. The smallest absolute Gasteiger partial charge is 0.296 e. The van der Waals surface area contributed by atoms with Crippen molar-refractivity contribution in [3.8, 4) is 11.1 Å². The zero-order valence-corrected chi connectivity index (χ0v) is 43.3. The molecule has 6 aromatic carbocycles. The molecule has 354 valence electrons. The van der Waals surface area contributed by atoms with Crippen molar-refractivity contribution in [2.45, 2.75) is 93.9 Å². The van der Waals surface area contributed by atoms with E-state index in [1.165, 1.54) is 45.7 Å². The van der Waals surface area contributed by atoms with Crippen molar-refractivity contribution in [2.75, 3.05) is 14.7 Å². The van der Waals surface area contributed by atoms with Crippen LogP contribution in [-0.2, 0) is 5.41 Å². The van der Waals surface area contributed by atoms with E-state index >= 15 is 0 Å². The summed E-state index contributed by atoms with van der Waals surface area (Å²) in [6.07, 6.45) is 15.7. The molecule has 5 aliphatic rings. The molecule has 5 heteroatoms. The Bertz CT molecular complexity index is 3300. The Labute approximate surface area is 423 Å². The fraction of sp³-hybridized carbons (Fsp3) is 0.303. The van der Waals surface area contributed by atoms with Gasteiger partial charge in [-0.25, -0.2) is 0 Å². The van der Waals surface area contributed by atoms with E-state index in [0.29, 0.717) is 11.8 Å². The van der Waals surface area contributed by atoms with Crippen LogP contribution in [0.3, 0.4) is 0 Å². The van der Waals surface area contributed by atoms with Crippen LogP contribution in [0.15, 0.2) is 185 Å². The van der Waals surface area contributed by atoms with Crippen LogP contribution in [0.2, 0.25) is 0 Å². The predicted molar refractivity (Wildman–Crippen MR) is 300 cm³/mol. The highest BCUT2D eigenvalue weighted by Gasteiger charge is 2.56. The fourth-order valence-corrected chi connectivity index (χ4v) is 12.8. The summed E-state index contributed by atoms with van der Waals surface area (Å²) in [5, 5.41) is 1.13. The lowest BCUT2D eigenvalue weighted by Gasteiger charge is -2.57. The summed E-state index contributed by atoms with van der Waals surface area (Å²) in [6.45, 7) is 24.0. The minimum Gasteiger partial charge on any atom is -0.468 e. The molecule has 3 atom stereocenters. The maximum Gasteiger partial charge on any atom is 0.296 e. The number of hydrogen-bond donors (Lipinski definition) is 0. The second-order valence-corrected chi connectivity index (χ2v) is 24.4. The van der Waals surface area contributed by atoms with Crippen LogP contribution >= 0.6 is 0 Å². The molecule has 0 spiro atoms. The molecule has 4 nitrogen and oxygen atoms in total. The molecule has 2 aliphatic heterocycles. The van der Waals surface area contributed by atoms with Gasteiger partial charge in [0.15, 0.2) is 0 Å². The standard InChI is InChI=1S/C66H66BN3O/c1-63(2,3)44-30-33-48(34-31-44)69-55-41-49(68(46-24-16-12-17-25-46)47-26-18-13-19-27-47)42-56-59(55)67(62-60(69)50-28-20-21-29-57(50)71-62)53-36-35-52-58(66(9,10)39-38-65(52,7)8)61(53)70(56)54-37-32-45(64(4,5)6)40-51(54)43-22-14-11-15-23-43/h11-14,16-22,24-30,32-37,40-42,44,52,58H,31,38-39H2,1-10H3. The van der Waals surface area contributed by atoms with Crippen LogP contribution in [0.25, 0.3) is 22.1 Å². The summed E-state index contributed by atoms with van der Waals surface area (Å²) in [5.41, 5.74) is 18.6. The molecule has 1 saturated carbocycles. The Balaban J connectivity index is 1.25. The van der Waals surface area contributed by atoms with Gasteiger partial charge in [0.25, 0.3) is 6.71 Å². The van der Waals surface area contributed by atoms with Gasteiger partial charge in [-0.3, -0.25) is 0 Å². The van der Waals surface area contributed by atoms with Crippen molar-refractivity contribution in [1.82, 2.24) is 0 Å². The van der Waals surface area contributed by atoms with Crippen molar-refractivity contribution in [3.05, 3.63) is 198 Å². The molecule has 0 radical (unpaired) electrons. The molecule has 0 saturated heterocycles. The number of nitrogens with zero attached hydrogens (tertiary/aromatic N) is 3. The third kappa shape index (κ3) is 7.35. The molecule has 7 aromatic rings. The van der Waals surface area contributed by atoms with Gasteiger partial charge in [-0.15, -0.1) is 0 Å². The molecule has 12 rings (SSSR count). The predicted octanol–water partition coefficient (Wildman–Crippen LogP) is 16.6. The molecule has 3 heterocycles. The first-order chi connectivity index (χ1) is 34.0. The van der Waals surface area contributed by atoms with Gasteiger partial charge < -0.3 is 19.1 Å². The first-order valence-corrected chi connectivity index (χ1v) is 26.0. The fourth-order valence-electron chi connectivity index (χ4n) is 12.8. The second-order valence-electron chi connectivity index (χ2n) is 24.4. The first kappa shape index (κ1) is 45.3. The number of anilines is 7. The molecule has 3 aliphatic carbocycles. The van der Waals surface area contributed by atoms with Gasteiger partial charge in [-0.05, 0) is 148 Å². The summed E-state index contributed by atoms with van der Waals surface area (Å²) >= 11 is 0. The molecule has 71 heavy (non-hydrogen) atoms. The molecular weight excluding hydrogens is 862 g/mol. The van der Waals surface area contributed by atoms with Gasteiger partial charge in [0.1, 0.15) is 5.58 Å². The largest absolute Gasteiger partial charge is 0.468 e. The number of furan rings is 1. The summed E-state index contributed by atoms with van der Waals surface area (Å²) in [4.78, 5) is 7.76. The van der Waals surface area contributed by atoms with Crippen molar-refractivity contribution in [1.29, 1.82) is 0 Å². The van der Waals surface area contributed by atoms with E-state index in [0.717, 1.165) is 69.0 Å². The Hall–Kier alpha value is -6.90. The van der Waals surface area contributed by atoms with Gasteiger partial charge in [0, 0.05) is 56.6 Å². The SMILES string of the molecule is CC(C)(C)c1ccc(N2C3=C(C=CC4C3C(C)(C)CCC4(C)C)B3c4oc5ccccc5c4N(C4=CCC(C(C)(C)C)C=C4)c4cc(N(c5ccccc5)c5ccccc5)cc2c43)c(-c2c#cccc2)c1. The van der Waals surface area contributed by atoms with E-state index in [2.05, 4.69) is 254 Å². The quantitative estimate of drug-likeness (QED) is 0.155. The van der Waals surface area contributed by atoms with Crippen LogP contribution in [0, 0.1) is 46.1 Å². The number of fused-ring (bicyclic) bond motifs is 7. The summed E-state index contributed by atoms with van der Waals surface area (Å²) < 4.78 is 7.42. The molecule has 3 unspecified atom stereocenters. The molecule has 0 amide bonds. The third-order valence-electron chi connectivity index (χ3n) is 16.9. The average molecular weight is 928 g/mol. The summed E-state index contributed by atoms with van der Waals surface area (Å²) in [5.74, 6) is 0.945. The van der Waals surface area contributed by atoms with Gasteiger partial charge in [-0.2, -0.15) is 0 Å². The number of benzene rings is 5. The Morgan fingerprint density at radius 3 is 2.00 bits per heavy atom. The molecule has 1 fully saturated rings. The molecule has 1 aromatic heterocycles. The van der Waals surface area contributed by atoms with E-state index in [-0.39, 0.29) is 34.3 Å². The molecule has 0 N–H and O–H groups in total. The topological polar surface area (TPSA) is 22.9 Å². The van der Waals surface area contributed by atoms with Crippen molar-refractivity contribution in [2.24, 2.45) is 34.0 Å². The minimum atomic E-state index is -0.164. The maximum atomic E-state index is 7.42. The molecule has 0 bridgehead atoms. The average Bonchev–Trinajstić information content (AvgIpc) is 3.74. The van der Waals surface area contributed by atoms with E-state index in [1.54, 1.807) is 0 Å². The van der Waals surface area contributed by atoms with Crippen molar-refractivity contribution < 1.29 is 4.42 Å². The maximum absolute atomic E-state index is 7.42. The number of rotatable bonds is 6. The van der Waals surface area contributed by atoms with Gasteiger partial charge in [0.05, 0.1) is 22.7 Å². The monoisotopic (exact) mass is 928 g/mol. The van der Waals surface area contributed by atoms with Crippen LogP contribution in [0.4, 0.5) is 39.8 Å². The Kier molecular flexibility index (Phi) is 10.4. The van der Waals surface area contributed by atoms with Crippen LogP contribution in [0.5, 0.6) is 0 Å². The highest BCUT2D eigenvalue weighted by atomic mass is 16.3. The lowest BCUT2D eigenvalue weighted by molar-refractivity contribution is 0.0254. The van der Waals surface area contributed by atoms with E-state index < -0.39 is 0 Å². The van der Waals surface area contributed by atoms with Crippen LogP contribution in [-0.4, -0.2) is 6.71 Å². The zero-order chi connectivity index (χ0) is 49.2. The van der Waals surface area contributed by atoms with E-state index in [9.17, 15) is 0 Å². The van der Waals surface area contributed by atoms with E-state index in [1.807, 2.05) is 6.07 Å². The van der Waals surface area contributed by atoms with Crippen LogP contribution < -0.4 is 25.8 Å². The first-order valence-electron chi connectivity index (χ1n) is 26.0. The summed E-state index contributed by atoms with van der Waals surface area (Å²) in [6, 6.07) is 56.1. The second kappa shape index (κ2) is 16.3. The number of allylic oxidation sites excluding steroid dienone is 7. The zero-order valence-electron chi connectivity index (χ0n) is 43.3. The summed E-state index contributed by atoms with van der Waals surface area (Å²) in [7, 11) is 0. The van der Waals surface area contributed by atoms with Gasteiger partial charge >= 0.3 is 0 Å². The van der Waals surface area contributed by atoms with Gasteiger partial charge in [0.2, 0.25) is 0 Å². The van der Waals surface area contributed by atoms with E-state index in [4.69, 9.17) is 4.42 Å². The third-order valence-corrected chi connectivity index (χ3v) is 16.9. The van der Waals surface area contributed by atoms with Gasteiger partial charge in [-0.1, -0.05) is 166 Å². The van der Waals surface area contributed by atoms with Crippen LogP contribution in [0.1, 0.15) is 94.1 Å². The Morgan fingerprint density at radius 2 is 1.35 bits per heavy atom. The normalized spacial score (nSPS) is 20.7. The lowest BCUT2D eigenvalue weighted by Crippen LogP contribution is -2.59. The number of hydrogen-bond acceptors (Lipinski definition) is 4. The van der Waals surface area contributed by atoms with Crippen molar-refractivity contribution >= 4 is 68.6 Å². The van der Waals surface area contributed by atoms with Crippen molar-refractivity contribution in [3.63, 3.8) is 0 Å². The minimum absolute atomic E-state index is 0.0152. The molecular formula is C66H66BN3O. The number of para-hydroxylation sites is 3. The lowest BCUT2D eigenvalue weighted by atomic mass is 9.33. The highest BCUT2D eigenvalue weighted by Crippen LogP contribution is 2.62. The highest BCUT2D eigenvalue weighted by molar-refractivity contribution is 6.95.